The number of aliphatic carboxylic acids is 1. The van der Waals surface area contributed by atoms with E-state index in [4.69, 9.17) is 33.0 Å². The minimum absolute atomic E-state index is 0.222. The Morgan fingerprint density at radius 3 is 2.18 bits per heavy atom. The molecule has 0 aromatic heterocycles. The molecule has 0 saturated heterocycles. The average Bonchev–Trinajstić information content (AvgIpc) is 2.15. The molecule has 0 bridgehead atoms. The van der Waals surface area contributed by atoms with Gasteiger partial charge in [-0.2, -0.15) is 0 Å². The highest BCUT2D eigenvalue weighted by molar-refractivity contribution is 6.18. The summed E-state index contributed by atoms with van der Waals surface area (Å²) in [5, 5.41) is 8.71. The quantitative estimate of drug-likeness (QED) is 0.509. The number of carbonyl (C=O) groups excluding carboxylic acids is 1. The second-order valence-electron chi connectivity index (χ2n) is 3.51. The highest BCUT2D eigenvalue weighted by Crippen LogP contribution is 2.04. The Kier molecular flexibility index (Phi) is 9.21. The van der Waals surface area contributed by atoms with Crippen LogP contribution in [0.15, 0.2) is 0 Å². The first kappa shape index (κ1) is 16.5. The van der Waals surface area contributed by atoms with Gasteiger partial charge < -0.3 is 9.84 Å². The lowest BCUT2D eigenvalue weighted by atomic mass is 10.2. The Labute approximate surface area is 111 Å². The highest BCUT2D eigenvalue weighted by Gasteiger charge is 2.19. The predicted octanol–water partition coefficient (Wildman–Crippen LogP) is 1.17. The molecule has 0 fully saturated rings. The van der Waals surface area contributed by atoms with Gasteiger partial charge >= 0.3 is 11.9 Å². The Bertz CT molecular complexity index is 228. The molecule has 5 nitrogen and oxygen atoms in total. The fourth-order valence-electron chi connectivity index (χ4n) is 1.39. The first-order valence-electron chi connectivity index (χ1n) is 5.22. The Hall–Kier alpha value is -0.520. The van der Waals surface area contributed by atoms with Crippen molar-refractivity contribution in [2.45, 2.75) is 19.4 Å². The van der Waals surface area contributed by atoms with Gasteiger partial charge in [-0.25, -0.2) is 0 Å². The zero-order valence-electron chi connectivity index (χ0n) is 9.70. The van der Waals surface area contributed by atoms with E-state index in [9.17, 15) is 9.59 Å². The topological polar surface area (TPSA) is 66.8 Å². The summed E-state index contributed by atoms with van der Waals surface area (Å²) in [5.74, 6) is -0.672. The van der Waals surface area contributed by atoms with Crippen LogP contribution in [0.4, 0.5) is 0 Å². The molecule has 0 unspecified atom stereocenters. The van der Waals surface area contributed by atoms with Crippen molar-refractivity contribution in [2.75, 3.05) is 31.4 Å². The summed E-state index contributed by atoms with van der Waals surface area (Å²) >= 11 is 11.2. The number of carbonyl (C=O) groups is 2. The molecule has 0 aliphatic rings. The van der Waals surface area contributed by atoms with Crippen molar-refractivity contribution in [3.63, 3.8) is 0 Å². The summed E-state index contributed by atoms with van der Waals surface area (Å²) in [4.78, 5) is 23.3. The lowest BCUT2D eigenvalue weighted by molar-refractivity contribution is -0.151. The monoisotopic (exact) mass is 285 g/mol. The van der Waals surface area contributed by atoms with Gasteiger partial charge in [0.1, 0.15) is 6.10 Å². The summed E-state index contributed by atoms with van der Waals surface area (Å²) in [6, 6.07) is 0. The Balaban J connectivity index is 4.34. The van der Waals surface area contributed by atoms with Crippen molar-refractivity contribution in [3.8, 4) is 0 Å². The molecule has 0 rings (SSSR count). The molecular weight excluding hydrogens is 269 g/mol. The zero-order valence-corrected chi connectivity index (χ0v) is 11.2. The molecule has 0 aliphatic heterocycles. The predicted molar refractivity (Wildman–Crippen MR) is 65.7 cm³/mol. The molecule has 0 spiro atoms. The van der Waals surface area contributed by atoms with Crippen molar-refractivity contribution < 1.29 is 19.4 Å². The molecule has 1 atom stereocenters. The maximum Gasteiger partial charge on any atom is 0.307 e. The molecule has 0 saturated carbocycles. The second-order valence-corrected chi connectivity index (χ2v) is 4.26. The number of carboxylic acids is 1. The summed E-state index contributed by atoms with van der Waals surface area (Å²) < 4.78 is 4.94. The number of nitrogens with zero attached hydrogens (tertiary/aromatic N) is 1. The number of ether oxygens (including phenoxy) is 1. The van der Waals surface area contributed by atoms with Gasteiger partial charge in [0.2, 0.25) is 0 Å². The van der Waals surface area contributed by atoms with Gasteiger partial charge in [-0.3, -0.25) is 14.5 Å². The molecule has 0 aromatic carbocycles. The van der Waals surface area contributed by atoms with Crippen molar-refractivity contribution in [1.82, 2.24) is 4.90 Å². The fourth-order valence-corrected chi connectivity index (χ4v) is 1.87. The molecule has 17 heavy (non-hydrogen) atoms. The number of rotatable bonds is 9. The van der Waals surface area contributed by atoms with Crippen LogP contribution in [0, 0.1) is 0 Å². The van der Waals surface area contributed by atoms with E-state index in [0.717, 1.165) is 0 Å². The smallest absolute Gasteiger partial charge is 0.307 e. The van der Waals surface area contributed by atoms with Crippen molar-refractivity contribution >= 4 is 35.1 Å². The third kappa shape index (κ3) is 9.21. The normalized spacial score (nSPS) is 12.5. The molecule has 100 valence electrons. The summed E-state index contributed by atoms with van der Waals surface area (Å²) in [6.07, 6.45) is -0.892. The first-order chi connectivity index (χ1) is 7.99. The largest absolute Gasteiger partial charge is 0.481 e. The second kappa shape index (κ2) is 9.50. The van der Waals surface area contributed by atoms with Gasteiger partial charge in [-0.1, -0.05) is 0 Å². The Morgan fingerprint density at radius 2 is 1.82 bits per heavy atom. The summed E-state index contributed by atoms with van der Waals surface area (Å²) in [6.45, 7) is 2.73. The van der Waals surface area contributed by atoms with Crippen LogP contribution in [0.25, 0.3) is 0 Å². The molecule has 0 heterocycles. The first-order valence-corrected chi connectivity index (χ1v) is 6.29. The Morgan fingerprint density at radius 1 is 1.29 bits per heavy atom. The van der Waals surface area contributed by atoms with E-state index in [-0.39, 0.29) is 6.42 Å². The van der Waals surface area contributed by atoms with Crippen LogP contribution in [-0.2, 0) is 14.3 Å². The molecule has 1 N–H and O–H groups in total. The number of esters is 1. The van der Waals surface area contributed by atoms with Gasteiger partial charge in [-0.15, -0.1) is 23.2 Å². The van der Waals surface area contributed by atoms with Crippen LogP contribution < -0.4 is 0 Å². The SMILES string of the molecule is CC(=O)O[C@H](CC(=O)O)CN(CCCl)CCCl. The van der Waals surface area contributed by atoms with E-state index in [1.165, 1.54) is 6.92 Å². The van der Waals surface area contributed by atoms with E-state index in [1.807, 2.05) is 4.90 Å². The molecule has 0 aliphatic carbocycles. The van der Waals surface area contributed by atoms with Crippen molar-refractivity contribution in [1.29, 1.82) is 0 Å². The van der Waals surface area contributed by atoms with E-state index in [2.05, 4.69) is 0 Å². The van der Waals surface area contributed by atoms with Crippen molar-refractivity contribution in [3.05, 3.63) is 0 Å². The third-order valence-electron chi connectivity index (χ3n) is 2.00. The molecular formula is C10H17Cl2NO4. The van der Waals surface area contributed by atoms with E-state index in [1.54, 1.807) is 0 Å². The number of hydrogen-bond acceptors (Lipinski definition) is 4. The lowest BCUT2D eigenvalue weighted by Gasteiger charge is -2.25. The zero-order chi connectivity index (χ0) is 13.3. The van der Waals surface area contributed by atoms with Gasteiger partial charge in [0.25, 0.3) is 0 Å². The number of carboxylic acid groups (broad SMARTS) is 1. The van der Waals surface area contributed by atoms with Crippen LogP contribution in [-0.4, -0.2) is 59.4 Å². The maximum atomic E-state index is 10.8. The third-order valence-corrected chi connectivity index (χ3v) is 2.34. The number of hydrogen-bond donors (Lipinski definition) is 1. The number of halogens is 2. The highest BCUT2D eigenvalue weighted by atomic mass is 35.5. The van der Waals surface area contributed by atoms with Crippen LogP contribution in [0.3, 0.4) is 0 Å². The van der Waals surface area contributed by atoms with Crippen LogP contribution >= 0.6 is 23.2 Å². The molecule has 0 radical (unpaired) electrons. The number of alkyl halides is 2. The maximum absolute atomic E-state index is 10.8. The summed E-state index contributed by atoms with van der Waals surface area (Å²) in [7, 11) is 0. The minimum atomic E-state index is -1.01. The van der Waals surface area contributed by atoms with E-state index in [0.29, 0.717) is 31.4 Å². The molecule has 0 aromatic rings. The average molecular weight is 286 g/mol. The van der Waals surface area contributed by atoms with Gasteiger partial charge in [0.15, 0.2) is 0 Å². The lowest BCUT2D eigenvalue weighted by Crippen LogP contribution is -2.38. The van der Waals surface area contributed by atoms with Gasteiger partial charge in [-0.05, 0) is 0 Å². The standard InChI is InChI=1S/C10H17Cl2NO4/c1-8(14)17-9(6-10(15)16)7-13(4-2-11)5-3-12/h9H,2-7H2,1H3,(H,15,16)/t9-/m1/s1. The minimum Gasteiger partial charge on any atom is -0.481 e. The molecule has 7 heteroatoms. The van der Waals surface area contributed by atoms with Crippen LogP contribution in [0.5, 0.6) is 0 Å². The van der Waals surface area contributed by atoms with Crippen LogP contribution in [0.2, 0.25) is 0 Å². The van der Waals surface area contributed by atoms with Gasteiger partial charge in [0, 0.05) is 38.3 Å². The van der Waals surface area contributed by atoms with E-state index < -0.39 is 18.0 Å². The fraction of sp³-hybridized carbons (Fsp3) is 0.800. The van der Waals surface area contributed by atoms with E-state index >= 15 is 0 Å². The summed E-state index contributed by atoms with van der Waals surface area (Å²) in [5.41, 5.74) is 0. The van der Waals surface area contributed by atoms with Crippen LogP contribution in [0.1, 0.15) is 13.3 Å². The van der Waals surface area contributed by atoms with Gasteiger partial charge in [0.05, 0.1) is 6.42 Å². The van der Waals surface area contributed by atoms with Crippen molar-refractivity contribution in [2.24, 2.45) is 0 Å². The molecule has 0 amide bonds.